The molecular formula is C13H22O2. The molecule has 0 aromatic rings. The van der Waals surface area contributed by atoms with Crippen molar-refractivity contribution in [3.63, 3.8) is 0 Å². The summed E-state index contributed by atoms with van der Waals surface area (Å²) in [6.45, 7) is 6.28. The van der Waals surface area contributed by atoms with Crippen molar-refractivity contribution in [3.8, 4) is 0 Å². The molecule has 1 rings (SSSR count). The predicted molar refractivity (Wildman–Crippen MR) is 61.9 cm³/mol. The van der Waals surface area contributed by atoms with Gasteiger partial charge >= 0.3 is 0 Å². The zero-order valence-corrected chi connectivity index (χ0v) is 9.76. The van der Waals surface area contributed by atoms with Crippen LogP contribution in [0.15, 0.2) is 12.7 Å². The first kappa shape index (κ1) is 12.4. The van der Waals surface area contributed by atoms with Gasteiger partial charge in [0, 0.05) is 13.0 Å². The molecule has 0 unspecified atom stereocenters. The van der Waals surface area contributed by atoms with Gasteiger partial charge in [-0.15, -0.1) is 6.58 Å². The van der Waals surface area contributed by atoms with Crippen LogP contribution in [0.2, 0.25) is 0 Å². The lowest BCUT2D eigenvalue weighted by Gasteiger charge is -2.27. The molecule has 1 aliphatic rings. The van der Waals surface area contributed by atoms with Crippen LogP contribution < -0.4 is 0 Å². The lowest BCUT2D eigenvalue weighted by atomic mass is 9.92. The van der Waals surface area contributed by atoms with Crippen molar-refractivity contribution in [2.75, 3.05) is 6.61 Å². The number of ether oxygens (including phenoxy) is 1. The van der Waals surface area contributed by atoms with E-state index in [0.717, 1.165) is 38.5 Å². The molecule has 0 aromatic carbocycles. The minimum absolute atomic E-state index is 0.309. The van der Waals surface area contributed by atoms with E-state index in [-0.39, 0.29) is 0 Å². The van der Waals surface area contributed by atoms with Crippen LogP contribution in [-0.4, -0.2) is 18.0 Å². The van der Waals surface area contributed by atoms with Crippen molar-refractivity contribution in [1.29, 1.82) is 0 Å². The quantitative estimate of drug-likeness (QED) is 0.476. The highest BCUT2D eigenvalue weighted by atomic mass is 16.5. The Labute approximate surface area is 92.7 Å². The summed E-state index contributed by atoms with van der Waals surface area (Å²) >= 11 is 0. The van der Waals surface area contributed by atoms with Crippen LogP contribution in [0.3, 0.4) is 0 Å². The normalized spacial score (nSPS) is 19.0. The number of carbonyl (C=O) groups is 1. The summed E-state index contributed by atoms with van der Waals surface area (Å²) in [5.74, 6) is 0.309. The Morgan fingerprint density at radius 3 is 2.67 bits per heavy atom. The average molecular weight is 210 g/mol. The third kappa shape index (κ3) is 3.16. The lowest BCUT2D eigenvalue weighted by molar-refractivity contribution is -0.143. The van der Waals surface area contributed by atoms with E-state index in [1.54, 1.807) is 0 Å². The van der Waals surface area contributed by atoms with E-state index in [4.69, 9.17) is 4.74 Å². The molecule has 2 heteroatoms. The number of ketones is 1. The smallest absolute Gasteiger partial charge is 0.164 e. The van der Waals surface area contributed by atoms with Gasteiger partial charge in [0.25, 0.3) is 0 Å². The van der Waals surface area contributed by atoms with Gasteiger partial charge < -0.3 is 4.74 Å². The molecule has 0 aliphatic heterocycles. The van der Waals surface area contributed by atoms with Gasteiger partial charge in [-0.1, -0.05) is 6.08 Å². The molecular weight excluding hydrogens is 188 g/mol. The Morgan fingerprint density at radius 2 is 2.13 bits per heavy atom. The largest absolute Gasteiger partial charge is 0.368 e. The molecule has 15 heavy (non-hydrogen) atoms. The first-order valence-electron chi connectivity index (χ1n) is 6.03. The van der Waals surface area contributed by atoms with Crippen LogP contribution in [0.4, 0.5) is 0 Å². The van der Waals surface area contributed by atoms with Crippen molar-refractivity contribution in [2.45, 2.75) is 57.5 Å². The fraction of sp³-hybridized carbons (Fsp3) is 0.769. The van der Waals surface area contributed by atoms with Gasteiger partial charge in [0.05, 0.1) is 0 Å². The molecule has 0 atom stereocenters. The second-order valence-corrected chi connectivity index (χ2v) is 4.24. The predicted octanol–water partition coefficient (Wildman–Crippen LogP) is 3.26. The van der Waals surface area contributed by atoms with Crippen molar-refractivity contribution in [2.24, 2.45) is 0 Å². The van der Waals surface area contributed by atoms with E-state index in [1.165, 1.54) is 0 Å². The lowest BCUT2D eigenvalue weighted by Crippen LogP contribution is -2.38. The van der Waals surface area contributed by atoms with Gasteiger partial charge in [-0.05, 0) is 45.4 Å². The molecule has 0 heterocycles. The Morgan fingerprint density at radius 1 is 1.47 bits per heavy atom. The number of rotatable bonds is 7. The molecule has 1 fully saturated rings. The summed E-state index contributed by atoms with van der Waals surface area (Å²) in [7, 11) is 0. The van der Waals surface area contributed by atoms with Gasteiger partial charge in [0.1, 0.15) is 5.60 Å². The molecule has 0 spiro atoms. The Balaban J connectivity index is 2.47. The first-order chi connectivity index (χ1) is 7.25. The van der Waals surface area contributed by atoms with E-state index in [9.17, 15) is 4.79 Å². The second-order valence-electron chi connectivity index (χ2n) is 4.24. The highest BCUT2D eigenvalue weighted by Crippen LogP contribution is 2.35. The number of unbranched alkanes of at least 4 members (excludes halogenated alkanes) is 1. The third-order valence-corrected chi connectivity index (χ3v) is 3.15. The van der Waals surface area contributed by atoms with Crippen LogP contribution in [0.25, 0.3) is 0 Å². The van der Waals surface area contributed by atoms with Crippen molar-refractivity contribution in [1.82, 2.24) is 0 Å². The van der Waals surface area contributed by atoms with E-state index >= 15 is 0 Å². The molecule has 0 radical (unpaired) electrons. The Kier molecular flexibility index (Phi) is 5.03. The molecule has 0 bridgehead atoms. The fourth-order valence-electron chi connectivity index (χ4n) is 2.36. The summed E-state index contributed by atoms with van der Waals surface area (Å²) < 4.78 is 5.71. The maximum atomic E-state index is 12.1. The van der Waals surface area contributed by atoms with Gasteiger partial charge in [0.15, 0.2) is 5.78 Å². The first-order valence-corrected chi connectivity index (χ1v) is 6.03. The van der Waals surface area contributed by atoms with E-state index in [1.807, 2.05) is 13.0 Å². The third-order valence-electron chi connectivity index (χ3n) is 3.15. The Bertz CT molecular complexity index is 215. The van der Waals surface area contributed by atoms with Gasteiger partial charge in [0.2, 0.25) is 0 Å². The molecule has 0 aromatic heterocycles. The monoisotopic (exact) mass is 210 g/mol. The van der Waals surface area contributed by atoms with E-state index in [0.29, 0.717) is 18.8 Å². The molecule has 0 saturated heterocycles. The summed E-state index contributed by atoms with van der Waals surface area (Å²) in [5, 5.41) is 0. The molecule has 2 nitrogen and oxygen atoms in total. The van der Waals surface area contributed by atoms with E-state index in [2.05, 4.69) is 6.58 Å². The van der Waals surface area contributed by atoms with Crippen molar-refractivity contribution in [3.05, 3.63) is 12.7 Å². The molecule has 1 aliphatic carbocycles. The van der Waals surface area contributed by atoms with Gasteiger partial charge in [-0.2, -0.15) is 0 Å². The maximum absolute atomic E-state index is 12.1. The fourth-order valence-corrected chi connectivity index (χ4v) is 2.36. The standard InChI is InChI=1S/C13H22O2/c1-3-5-6-9-12(14)13(15-4-2)10-7-8-11-13/h3H,1,4-11H2,2H3. The Hall–Kier alpha value is -0.630. The number of Topliss-reactive ketones (excluding diaryl/α,β-unsaturated/α-hetero) is 1. The minimum atomic E-state index is -0.421. The minimum Gasteiger partial charge on any atom is -0.368 e. The van der Waals surface area contributed by atoms with Crippen LogP contribution >= 0.6 is 0 Å². The molecule has 1 saturated carbocycles. The summed E-state index contributed by atoms with van der Waals surface area (Å²) in [6.07, 6.45) is 8.47. The van der Waals surface area contributed by atoms with Crippen LogP contribution in [0, 0.1) is 0 Å². The number of allylic oxidation sites excluding steroid dienone is 1. The topological polar surface area (TPSA) is 26.3 Å². The highest BCUT2D eigenvalue weighted by Gasteiger charge is 2.40. The zero-order valence-electron chi connectivity index (χ0n) is 9.76. The van der Waals surface area contributed by atoms with Gasteiger partial charge in [-0.3, -0.25) is 4.79 Å². The van der Waals surface area contributed by atoms with Crippen LogP contribution in [0.5, 0.6) is 0 Å². The SMILES string of the molecule is C=CCCCC(=O)C1(OCC)CCCC1. The second kappa shape index (κ2) is 6.06. The number of carbonyl (C=O) groups excluding carboxylic acids is 1. The average Bonchev–Trinajstić information content (AvgIpc) is 2.68. The molecule has 0 N–H and O–H groups in total. The van der Waals surface area contributed by atoms with Crippen molar-refractivity contribution >= 4 is 5.78 Å². The highest BCUT2D eigenvalue weighted by molar-refractivity contribution is 5.87. The van der Waals surface area contributed by atoms with E-state index < -0.39 is 5.60 Å². The van der Waals surface area contributed by atoms with Crippen molar-refractivity contribution < 1.29 is 9.53 Å². The number of hydrogen-bond donors (Lipinski definition) is 0. The number of hydrogen-bond acceptors (Lipinski definition) is 2. The summed E-state index contributed by atoms with van der Waals surface area (Å²) in [6, 6.07) is 0. The summed E-state index contributed by atoms with van der Waals surface area (Å²) in [5.41, 5.74) is -0.421. The molecule has 86 valence electrons. The van der Waals surface area contributed by atoms with Crippen LogP contribution in [-0.2, 0) is 9.53 Å². The maximum Gasteiger partial charge on any atom is 0.164 e. The molecule has 0 amide bonds. The zero-order chi connectivity index (χ0) is 11.1. The van der Waals surface area contributed by atoms with Crippen LogP contribution in [0.1, 0.15) is 51.9 Å². The summed E-state index contributed by atoms with van der Waals surface area (Å²) in [4.78, 5) is 12.1. The van der Waals surface area contributed by atoms with Gasteiger partial charge in [-0.25, -0.2) is 0 Å².